The Bertz CT molecular complexity index is 650. The van der Waals surface area contributed by atoms with Gasteiger partial charge in [-0.05, 0) is 24.6 Å². The first-order valence-electron chi connectivity index (χ1n) is 7.37. The minimum Gasteiger partial charge on any atom is -0.507 e. The lowest BCUT2D eigenvalue weighted by molar-refractivity contribution is 0.352. The Balaban J connectivity index is 1.70. The summed E-state index contributed by atoms with van der Waals surface area (Å²) in [6.07, 6.45) is 3.79. The quantitative estimate of drug-likeness (QED) is 0.821. The zero-order valence-electron chi connectivity index (χ0n) is 11.9. The third-order valence-corrected chi connectivity index (χ3v) is 5.52. The number of thiocarbonyl (C=S) groups is 1. The standard InChI is InChI=1S/C17H19NOS2/c19-16-14(9-8-13-6-2-3-7-15(13)16)12-21-17(20)18-10-4-1-5-11-18/h2-3,6-9,19H,1,4-5,10-12H2. The first-order valence-corrected chi connectivity index (χ1v) is 8.76. The predicted molar refractivity (Wildman–Crippen MR) is 94.9 cm³/mol. The van der Waals surface area contributed by atoms with Gasteiger partial charge in [0.1, 0.15) is 10.1 Å². The lowest BCUT2D eigenvalue weighted by Crippen LogP contribution is -2.32. The highest BCUT2D eigenvalue weighted by Crippen LogP contribution is 2.31. The molecular weight excluding hydrogens is 298 g/mol. The summed E-state index contributed by atoms with van der Waals surface area (Å²) in [5.74, 6) is 1.12. The molecule has 0 aromatic heterocycles. The maximum absolute atomic E-state index is 10.4. The van der Waals surface area contributed by atoms with Gasteiger partial charge < -0.3 is 10.0 Å². The summed E-state index contributed by atoms with van der Waals surface area (Å²) >= 11 is 7.18. The number of hydrogen-bond acceptors (Lipinski definition) is 3. The maximum Gasteiger partial charge on any atom is 0.136 e. The summed E-state index contributed by atoms with van der Waals surface area (Å²) < 4.78 is 0.960. The van der Waals surface area contributed by atoms with Crippen LogP contribution in [0.2, 0.25) is 0 Å². The molecule has 2 nitrogen and oxygen atoms in total. The molecule has 1 fully saturated rings. The van der Waals surface area contributed by atoms with Crippen molar-refractivity contribution < 1.29 is 5.11 Å². The topological polar surface area (TPSA) is 23.5 Å². The minimum atomic E-state index is 0.391. The van der Waals surface area contributed by atoms with E-state index in [0.717, 1.165) is 39.5 Å². The van der Waals surface area contributed by atoms with E-state index in [1.807, 2.05) is 30.3 Å². The van der Waals surface area contributed by atoms with Crippen molar-refractivity contribution in [3.8, 4) is 5.75 Å². The van der Waals surface area contributed by atoms with Crippen LogP contribution in [0.5, 0.6) is 5.75 Å². The summed E-state index contributed by atoms with van der Waals surface area (Å²) in [5, 5.41) is 12.4. The molecule has 3 rings (SSSR count). The van der Waals surface area contributed by atoms with Crippen molar-refractivity contribution in [2.45, 2.75) is 25.0 Å². The Labute approximate surface area is 135 Å². The number of thioether (sulfide) groups is 1. The fourth-order valence-electron chi connectivity index (χ4n) is 2.72. The van der Waals surface area contributed by atoms with Crippen LogP contribution in [0, 0.1) is 0 Å². The Hall–Kier alpha value is -1.26. The fraction of sp³-hybridized carbons (Fsp3) is 0.353. The molecule has 21 heavy (non-hydrogen) atoms. The largest absolute Gasteiger partial charge is 0.507 e. The zero-order chi connectivity index (χ0) is 14.7. The number of hydrogen-bond donors (Lipinski definition) is 1. The molecule has 2 aromatic rings. The summed E-state index contributed by atoms with van der Waals surface area (Å²) in [6.45, 7) is 2.16. The highest BCUT2D eigenvalue weighted by molar-refractivity contribution is 8.22. The fourth-order valence-corrected chi connectivity index (χ4v) is 3.96. The molecule has 0 aliphatic carbocycles. The number of phenols is 1. The molecule has 1 saturated heterocycles. The molecule has 2 aromatic carbocycles. The van der Waals surface area contributed by atoms with Crippen molar-refractivity contribution in [1.82, 2.24) is 4.90 Å². The highest BCUT2D eigenvalue weighted by Gasteiger charge is 2.14. The SMILES string of the molecule is Oc1c(CSC(=S)N2CCCCC2)ccc2ccccc12. The van der Waals surface area contributed by atoms with E-state index in [9.17, 15) is 5.11 Å². The van der Waals surface area contributed by atoms with Gasteiger partial charge in [-0.2, -0.15) is 0 Å². The second-order valence-corrected chi connectivity index (χ2v) is 7.01. The molecule has 1 aliphatic heterocycles. The Kier molecular flexibility index (Phi) is 4.66. The van der Waals surface area contributed by atoms with E-state index >= 15 is 0 Å². The van der Waals surface area contributed by atoms with E-state index in [2.05, 4.69) is 11.0 Å². The van der Waals surface area contributed by atoms with Crippen LogP contribution in [0.25, 0.3) is 10.8 Å². The van der Waals surface area contributed by atoms with Gasteiger partial charge in [0.15, 0.2) is 0 Å². The molecule has 1 heterocycles. The van der Waals surface area contributed by atoms with Gasteiger partial charge in [-0.15, -0.1) is 0 Å². The Morgan fingerprint density at radius 1 is 1.10 bits per heavy atom. The van der Waals surface area contributed by atoms with Gasteiger partial charge in [-0.1, -0.05) is 60.4 Å². The summed E-state index contributed by atoms with van der Waals surface area (Å²) in [7, 11) is 0. The Morgan fingerprint density at radius 3 is 2.67 bits per heavy atom. The maximum atomic E-state index is 10.4. The molecule has 4 heteroatoms. The molecule has 1 N–H and O–H groups in total. The van der Waals surface area contributed by atoms with Crippen molar-refractivity contribution >= 4 is 39.1 Å². The molecule has 0 unspecified atom stereocenters. The van der Waals surface area contributed by atoms with Crippen molar-refractivity contribution in [2.75, 3.05) is 13.1 Å². The van der Waals surface area contributed by atoms with Crippen LogP contribution in [-0.2, 0) is 5.75 Å². The van der Waals surface area contributed by atoms with Crippen molar-refractivity contribution in [1.29, 1.82) is 0 Å². The second-order valence-electron chi connectivity index (χ2n) is 5.40. The lowest BCUT2D eigenvalue weighted by atomic mass is 10.1. The van der Waals surface area contributed by atoms with Gasteiger partial charge in [0.05, 0.1) is 0 Å². The van der Waals surface area contributed by atoms with E-state index in [1.54, 1.807) is 11.8 Å². The van der Waals surface area contributed by atoms with Crippen LogP contribution < -0.4 is 0 Å². The number of aromatic hydroxyl groups is 1. The monoisotopic (exact) mass is 317 g/mol. The lowest BCUT2D eigenvalue weighted by Gasteiger charge is -2.28. The van der Waals surface area contributed by atoms with Crippen LogP contribution in [0.3, 0.4) is 0 Å². The van der Waals surface area contributed by atoms with Crippen LogP contribution in [0.4, 0.5) is 0 Å². The molecule has 0 atom stereocenters. The number of likely N-dealkylation sites (tertiary alicyclic amines) is 1. The minimum absolute atomic E-state index is 0.391. The highest BCUT2D eigenvalue weighted by atomic mass is 32.2. The van der Waals surface area contributed by atoms with Gasteiger partial charge in [0.25, 0.3) is 0 Å². The van der Waals surface area contributed by atoms with E-state index in [1.165, 1.54) is 19.3 Å². The summed E-state index contributed by atoms with van der Waals surface area (Å²) in [6, 6.07) is 12.0. The summed E-state index contributed by atoms with van der Waals surface area (Å²) in [5.41, 5.74) is 0.957. The zero-order valence-corrected chi connectivity index (χ0v) is 13.6. The third-order valence-electron chi connectivity index (χ3n) is 3.95. The number of rotatable bonds is 2. The number of nitrogens with zero attached hydrogens (tertiary/aromatic N) is 1. The predicted octanol–water partition coefficient (Wildman–Crippen LogP) is 4.55. The van der Waals surface area contributed by atoms with Crippen LogP contribution >= 0.6 is 24.0 Å². The first kappa shape index (κ1) is 14.7. The van der Waals surface area contributed by atoms with Gasteiger partial charge in [0, 0.05) is 29.8 Å². The molecule has 0 saturated carbocycles. The number of fused-ring (bicyclic) bond motifs is 1. The van der Waals surface area contributed by atoms with Crippen molar-refractivity contribution in [2.24, 2.45) is 0 Å². The molecule has 0 bridgehead atoms. The Morgan fingerprint density at radius 2 is 1.86 bits per heavy atom. The normalized spacial score (nSPS) is 15.3. The second kappa shape index (κ2) is 6.67. The van der Waals surface area contributed by atoms with E-state index < -0.39 is 0 Å². The van der Waals surface area contributed by atoms with Crippen molar-refractivity contribution in [3.63, 3.8) is 0 Å². The molecule has 1 aliphatic rings. The van der Waals surface area contributed by atoms with E-state index in [-0.39, 0.29) is 0 Å². The third kappa shape index (κ3) is 3.33. The molecular formula is C17H19NOS2. The number of piperidine rings is 1. The van der Waals surface area contributed by atoms with Crippen LogP contribution in [0.1, 0.15) is 24.8 Å². The molecule has 110 valence electrons. The average molecular weight is 317 g/mol. The summed E-state index contributed by atoms with van der Waals surface area (Å²) in [4.78, 5) is 2.29. The van der Waals surface area contributed by atoms with Gasteiger partial charge in [-0.3, -0.25) is 0 Å². The smallest absolute Gasteiger partial charge is 0.136 e. The molecule has 0 spiro atoms. The van der Waals surface area contributed by atoms with Crippen LogP contribution in [0.15, 0.2) is 36.4 Å². The number of phenolic OH excluding ortho intramolecular Hbond substituents is 1. The van der Waals surface area contributed by atoms with E-state index in [0.29, 0.717) is 5.75 Å². The molecule has 0 radical (unpaired) electrons. The van der Waals surface area contributed by atoms with E-state index in [4.69, 9.17) is 12.2 Å². The molecule has 0 amide bonds. The first-order chi connectivity index (χ1) is 10.3. The average Bonchev–Trinajstić information content (AvgIpc) is 2.55. The van der Waals surface area contributed by atoms with Crippen LogP contribution in [-0.4, -0.2) is 27.4 Å². The van der Waals surface area contributed by atoms with Gasteiger partial charge in [-0.25, -0.2) is 0 Å². The van der Waals surface area contributed by atoms with Crippen molar-refractivity contribution in [3.05, 3.63) is 42.0 Å². The van der Waals surface area contributed by atoms with Gasteiger partial charge >= 0.3 is 0 Å². The van der Waals surface area contributed by atoms with Gasteiger partial charge in [0.2, 0.25) is 0 Å². The number of benzene rings is 2.